The maximum atomic E-state index is 12.2. The summed E-state index contributed by atoms with van der Waals surface area (Å²) >= 11 is 0. The molecule has 2 aromatic rings. The molecule has 2 aromatic heterocycles. The average molecular weight is 231 g/mol. The van der Waals surface area contributed by atoms with Gasteiger partial charge in [-0.2, -0.15) is 0 Å². The molecule has 17 heavy (non-hydrogen) atoms. The SMILES string of the molecule is Cn1c2c(c(=O)n(C)c1=O)-c1cccn1CC2. The number of hydrogen-bond acceptors (Lipinski definition) is 2. The highest BCUT2D eigenvalue weighted by Gasteiger charge is 2.22. The monoisotopic (exact) mass is 231 g/mol. The fourth-order valence-corrected chi connectivity index (χ4v) is 2.50. The molecule has 0 atom stereocenters. The normalized spacial score (nSPS) is 13.3. The van der Waals surface area contributed by atoms with Crippen molar-refractivity contribution in [2.24, 2.45) is 14.1 Å². The van der Waals surface area contributed by atoms with E-state index < -0.39 is 0 Å². The lowest BCUT2D eigenvalue weighted by molar-refractivity contribution is 0.595. The fraction of sp³-hybridized carbons (Fsp3) is 0.333. The Morgan fingerprint density at radius 2 is 1.94 bits per heavy atom. The van der Waals surface area contributed by atoms with Gasteiger partial charge in [0, 0.05) is 39.0 Å². The van der Waals surface area contributed by atoms with Crippen LogP contribution in [0.3, 0.4) is 0 Å². The average Bonchev–Trinajstić information content (AvgIpc) is 2.80. The summed E-state index contributed by atoms with van der Waals surface area (Å²) in [7, 11) is 3.24. The first-order chi connectivity index (χ1) is 8.11. The molecule has 5 nitrogen and oxygen atoms in total. The quantitative estimate of drug-likeness (QED) is 0.646. The van der Waals surface area contributed by atoms with E-state index in [1.54, 1.807) is 11.6 Å². The minimum atomic E-state index is -0.256. The highest BCUT2D eigenvalue weighted by atomic mass is 16.2. The molecule has 0 spiro atoms. The lowest BCUT2D eigenvalue weighted by atomic mass is 10.1. The summed E-state index contributed by atoms with van der Waals surface area (Å²) in [6, 6.07) is 3.85. The van der Waals surface area contributed by atoms with Gasteiger partial charge in [0.2, 0.25) is 0 Å². The zero-order chi connectivity index (χ0) is 12.2. The molecule has 88 valence electrons. The summed E-state index contributed by atoms with van der Waals surface area (Å²) in [5.41, 5.74) is 1.94. The molecule has 0 saturated carbocycles. The number of nitrogens with zero attached hydrogens (tertiary/aromatic N) is 3. The highest BCUT2D eigenvalue weighted by molar-refractivity contribution is 5.63. The third-order valence-corrected chi connectivity index (χ3v) is 3.46. The minimum Gasteiger partial charge on any atom is -0.347 e. The molecular weight excluding hydrogens is 218 g/mol. The molecule has 0 N–H and O–H groups in total. The van der Waals surface area contributed by atoms with Gasteiger partial charge in [0.15, 0.2) is 0 Å². The molecule has 1 aliphatic heterocycles. The van der Waals surface area contributed by atoms with E-state index in [4.69, 9.17) is 0 Å². The van der Waals surface area contributed by atoms with Gasteiger partial charge in [-0.3, -0.25) is 13.9 Å². The van der Waals surface area contributed by atoms with Crippen molar-refractivity contribution in [1.29, 1.82) is 0 Å². The second-order valence-corrected chi connectivity index (χ2v) is 4.36. The van der Waals surface area contributed by atoms with Gasteiger partial charge < -0.3 is 4.57 Å². The second-order valence-electron chi connectivity index (χ2n) is 4.36. The van der Waals surface area contributed by atoms with Crippen LogP contribution in [0.15, 0.2) is 27.9 Å². The summed E-state index contributed by atoms with van der Waals surface area (Å²) < 4.78 is 4.79. The van der Waals surface area contributed by atoms with E-state index in [1.807, 2.05) is 22.9 Å². The first kappa shape index (κ1) is 10.1. The minimum absolute atomic E-state index is 0.206. The Morgan fingerprint density at radius 1 is 1.18 bits per heavy atom. The van der Waals surface area contributed by atoms with Crippen molar-refractivity contribution in [2.75, 3.05) is 0 Å². The summed E-state index contributed by atoms with van der Waals surface area (Å²) in [6.45, 7) is 0.815. The van der Waals surface area contributed by atoms with Crippen LogP contribution in [-0.4, -0.2) is 13.7 Å². The van der Waals surface area contributed by atoms with E-state index in [1.165, 1.54) is 11.6 Å². The first-order valence-corrected chi connectivity index (χ1v) is 5.55. The lowest BCUT2D eigenvalue weighted by Crippen LogP contribution is -2.41. The summed E-state index contributed by atoms with van der Waals surface area (Å²) in [4.78, 5) is 24.0. The second kappa shape index (κ2) is 3.23. The van der Waals surface area contributed by atoms with Crippen LogP contribution in [-0.2, 0) is 27.1 Å². The standard InChI is InChI=1S/C12H13N3O2/c1-13-8-5-7-15-6-3-4-9(15)10(8)11(16)14(2)12(13)17/h3-4,6H,5,7H2,1-2H3. The van der Waals surface area contributed by atoms with Gasteiger partial charge in [-0.15, -0.1) is 0 Å². The van der Waals surface area contributed by atoms with E-state index in [0.29, 0.717) is 5.56 Å². The highest BCUT2D eigenvalue weighted by Crippen LogP contribution is 2.25. The van der Waals surface area contributed by atoms with Crippen LogP contribution in [0.1, 0.15) is 5.69 Å². The number of aromatic nitrogens is 3. The van der Waals surface area contributed by atoms with E-state index in [-0.39, 0.29) is 11.2 Å². The zero-order valence-corrected chi connectivity index (χ0v) is 9.80. The molecule has 3 heterocycles. The Kier molecular flexibility index (Phi) is 1.92. The Labute approximate surface area is 97.5 Å². The lowest BCUT2D eigenvalue weighted by Gasteiger charge is -2.21. The van der Waals surface area contributed by atoms with Crippen LogP contribution in [0.2, 0.25) is 0 Å². The Morgan fingerprint density at radius 3 is 2.71 bits per heavy atom. The van der Waals surface area contributed by atoms with Crippen LogP contribution in [0.5, 0.6) is 0 Å². The molecule has 0 aromatic carbocycles. The molecular formula is C12H13N3O2. The maximum Gasteiger partial charge on any atom is 0.330 e. The van der Waals surface area contributed by atoms with Crippen LogP contribution in [0.25, 0.3) is 11.3 Å². The van der Waals surface area contributed by atoms with E-state index >= 15 is 0 Å². The summed E-state index contributed by atoms with van der Waals surface area (Å²) in [5, 5.41) is 0. The van der Waals surface area contributed by atoms with Gasteiger partial charge in [-0.1, -0.05) is 0 Å². The number of rotatable bonds is 0. The maximum absolute atomic E-state index is 12.2. The topological polar surface area (TPSA) is 48.9 Å². The predicted octanol–water partition coefficient (Wildman–Crippen LogP) is 0.109. The number of aryl methyl sites for hydroxylation is 1. The van der Waals surface area contributed by atoms with Crippen LogP contribution < -0.4 is 11.2 Å². The molecule has 0 saturated heterocycles. The van der Waals surface area contributed by atoms with Gasteiger partial charge >= 0.3 is 5.69 Å². The summed E-state index contributed by atoms with van der Waals surface area (Å²) in [5.74, 6) is 0. The Balaban J connectivity index is 2.50. The van der Waals surface area contributed by atoms with Crippen molar-refractivity contribution in [1.82, 2.24) is 13.7 Å². The molecule has 3 rings (SSSR count). The Bertz CT molecular complexity index is 718. The van der Waals surface area contributed by atoms with Crippen LogP contribution in [0.4, 0.5) is 0 Å². The number of hydrogen-bond donors (Lipinski definition) is 0. The molecule has 5 heteroatoms. The van der Waals surface area contributed by atoms with Gasteiger partial charge in [-0.05, 0) is 12.1 Å². The molecule has 0 amide bonds. The molecule has 0 aliphatic carbocycles. The molecule has 0 radical (unpaired) electrons. The van der Waals surface area contributed by atoms with Gasteiger partial charge in [0.05, 0.1) is 11.3 Å². The largest absolute Gasteiger partial charge is 0.347 e. The van der Waals surface area contributed by atoms with Crippen LogP contribution >= 0.6 is 0 Å². The summed E-state index contributed by atoms with van der Waals surface area (Å²) in [6.07, 6.45) is 2.68. The van der Waals surface area contributed by atoms with Gasteiger partial charge in [0.25, 0.3) is 5.56 Å². The molecule has 1 aliphatic rings. The van der Waals surface area contributed by atoms with Crippen molar-refractivity contribution < 1.29 is 0 Å². The van der Waals surface area contributed by atoms with Crippen molar-refractivity contribution in [3.8, 4) is 11.3 Å². The first-order valence-electron chi connectivity index (χ1n) is 5.55. The van der Waals surface area contributed by atoms with E-state index in [0.717, 1.165) is 24.4 Å². The van der Waals surface area contributed by atoms with Crippen molar-refractivity contribution in [2.45, 2.75) is 13.0 Å². The molecule has 0 fully saturated rings. The third-order valence-electron chi connectivity index (χ3n) is 3.46. The smallest absolute Gasteiger partial charge is 0.330 e. The fourth-order valence-electron chi connectivity index (χ4n) is 2.50. The van der Waals surface area contributed by atoms with Gasteiger partial charge in [-0.25, -0.2) is 4.79 Å². The zero-order valence-electron chi connectivity index (χ0n) is 9.80. The van der Waals surface area contributed by atoms with E-state index in [9.17, 15) is 9.59 Å². The predicted molar refractivity (Wildman–Crippen MR) is 64.1 cm³/mol. The van der Waals surface area contributed by atoms with Crippen molar-refractivity contribution in [3.05, 3.63) is 44.9 Å². The van der Waals surface area contributed by atoms with E-state index in [2.05, 4.69) is 0 Å². The van der Waals surface area contributed by atoms with Crippen molar-refractivity contribution in [3.63, 3.8) is 0 Å². The van der Waals surface area contributed by atoms with Crippen molar-refractivity contribution >= 4 is 0 Å². The van der Waals surface area contributed by atoms with Crippen LogP contribution in [0, 0.1) is 0 Å². The molecule has 0 bridgehead atoms. The molecule has 0 unspecified atom stereocenters. The Hall–Kier alpha value is -2.04. The van der Waals surface area contributed by atoms with Gasteiger partial charge in [0.1, 0.15) is 0 Å². The third kappa shape index (κ3) is 1.19. The number of fused-ring (bicyclic) bond motifs is 3.